The van der Waals surface area contributed by atoms with Crippen LogP contribution in [-0.4, -0.2) is 31.2 Å². The number of rotatable bonds is 3. The summed E-state index contributed by atoms with van der Waals surface area (Å²) in [5, 5.41) is 9.20. The van der Waals surface area contributed by atoms with E-state index in [-0.39, 0.29) is 5.56 Å². The van der Waals surface area contributed by atoms with Crippen LogP contribution in [0.5, 0.6) is 0 Å². The molecular weight excluding hydrogens is 350 g/mol. The molecule has 0 atom stereocenters. The van der Waals surface area contributed by atoms with Gasteiger partial charge < -0.3 is 4.52 Å². The summed E-state index contributed by atoms with van der Waals surface area (Å²) in [5.74, 6) is 0.725. The first kappa shape index (κ1) is 15.5. The third-order valence-electron chi connectivity index (χ3n) is 4.70. The second-order valence-electron chi connectivity index (χ2n) is 6.57. The van der Waals surface area contributed by atoms with Gasteiger partial charge in [0.2, 0.25) is 0 Å². The van der Waals surface area contributed by atoms with E-state index < -0.39 is 0 Å². The van der Waals surface area contributed by atoms with Crippen molar-refractivity contribution < 1.29 is 4.52 Å². The van der Waals surface area contributed by atoms with Gasteiger partial charge in [-0.05, 0) is 18.4 Å². The number of hydrogen-bond donors (Lipinski definition) is 1. The standard InChI is InChI=1S/C18H17N5O2S/c1-11-7-16(21-25-11)15-8-17-19-14-4-5-22(9-12-3-2-6-26-12)10-13(14)18(24)23(17)20-15/h2-3,6-8,20H,4-5,9-10H2,1H3. The fourth-order valence-electron chi connectivity index (χ4n) is 3.42. The molecule has 0 aliphatic carbocycles. The number of hydrogen-bond acceptors (Lipinski definition) is 6. The molecule has 0 amide bonds. The Bertz CT molecular complexity index is 1140. The van der Waals surface area contributed by atoms with Crippen LogP contribution >= 0.6 is 11.3 Å². The van der Waals surface area contributed by atoms with Crippen molar-refractivity contribution in [2.24, 2.45) is 0 Å². The minimum Gasteiger partial charge on any atom is -0.361 e. The number of H-pyrrole nitrogens is 1. The van der Waals surface area contributed by atoms with Gasteiger partial charge in [0, 0.05) is 43.1 Å². The van der Waals surface area contributed by atoms with Crippen molar-refractivity contribution in [2.45, 2.75) is 26.4 Å². The maximum atomic E-state index is 13.0. The third-order valence-corrected chi connectivity index (χ3v) is 5.57. The average molecular weight is 367 g/mol. The van der Waals surface area contributed by atoms with Crippen LogP contribution in [0.4, 0.5) is 0 Å². The quantitative estimate of drug-likeness (QED) is 0.602. The lowest BCUT2D eigenvalue weighted by Gasteiger charge is -2.26. The molecule has 8 heteroatoms. The predicted molar refractivity (Wildman–Crippen MR) is 98.2 cm³/mol. The Kier molecular flexibility index (Phi) is 3.54. The minimum absolute atomic E-state index is 0.0349. The molecule has 132 valence electrons. The average Bonchev–Trinajstić information content (AvgIpc) is 3.36. The molecular formula is C18H17N5O2S. The lowest BCUT2D eigenvalue weighted by molar-refractivity contribution is 0.243. The van der Waals surface area contributed by atoms with Gasteiger partial charge in [-0.15, -0.1) is 11.3 Å². The zero-order valence-corrected chi connectivity index (χ0v) is 15.0. The van der Waals surface area contributed by atoms with Crippen molar-refractivity contribution >= 4 is 17.0 Å². The van der Waals surface area contributed by atoms with Crippen LogP contribution in [0.2, 0.25) is 0 Å². The fourth-order valence-corrected chi connectivity index (χ4v) is 4.17. The summed E-state index contributed by atoms with van der Waals surface area (Å²) in [6.07, 6.45) is 0.788. The van der Waals surface area contributed by atoms with Crippen LogP contribution in [0.1, 0.15) is 21.9 Å². The molecule has 0 fully saturated rings. The SMILES string of the molecule is Cc1cc(-c2cc3nc4c(c(=O)n3[nH]2)CN(Cc2cccs2)CC4)no1. The molecule has 0 unspecified atom stereocenters. The second kappa shape index (κ2) is 5.93. The van der Waals surface area contributed by atoms with Gasteiger partial charge in [0.1, 0.15) is 11.5 Å². The first-order valence-corrected chi connectivity index (χ1v) is 9.37. The third kappa shape index (κ3) is 2.58. The van der Waals surface area contributed by atoms with E-state index in [4.69, 9.17) is 9.51 Å². The largest absolute Gasteiger partial charge is 0.361 e. The highest BCUT2D eigenvalue weighted by Crippen LogP contribution is 2.22. The Balaban J connectivity index is 1.52. The number of aromatic amines is 1. The van der Waals surface area contributed by atoms with Gasteiger partial charge in [0.05, 0.1) is 17.0 Å². The van der Waals surface area contributed by atoms with E-state index >= 15 is 0 Å². The Labute approximate surface area is 152 Å². The summed E-state index contributed by atoms with van der Waals surface area (Å²) in [7, 11) is 0. The van der Waals surface area contributed by atoms with Crippen molar-refractivity contribution in [1.82, 2.24) is 24.7 Å². The van der Waals surface area contributed by atoms with Crippen molar-refractivity contribution in [1.29, 1.82) is 0 Å². The van der Waals surface area contributed by atoms with E-state index in [9.17, 15) is 4.79 Å². The van der Waals surface area contributed by atoms with Crippen LogP contribution in [0.15, 0.2) is 39.0 Å². The summed E-state index contributed by atoms with van der Waals surface area (Å²) in [5.41, 5.74) is 3.66. The van der Waals surface area contributed by atoms with Gasteiger partial charge in [-0.1, -0.05) is 11.2 Å². The normalized spacial score (nSPS) is 14.8. The summed E-state index contributed by atoms with van der Waals surface area (Å²) in [4.78, 5) is 21.3. The van der Waals surface area contributed by atoms with Gasteiger partial charge in [-0.3, -0.25) is 14.8 Å². The van der Waals surface area contributed by atoms with E-state index in [0.717, 1.165) is 42.2 Å². The molecule has 0 saturated heterocycles. The van der Waals surface area contributed by atoms with Gasteiger partial charge in [-0.2, -0.15) is 0 Å². The highest BCUT2D eigenvalue weighted by atomic mass is 32.1. The first-order valence-electron chi connectivity index (χ1n) is 8.49. The van der Waals surface area contributed by atoms with Gasteiger partial charge in [0.15, 0.2) is 5.65 Å². The van der Waals surface area contributed by atoms with Crippen LogP contribution in [-0.2, 0) is 19.5 Å². The van der Waals surface area contributed by atoms with Gasteiger partial charge in [0.25, 0.3) is 5.56 Å². The van der Waals surface area contributed by atoms with Crippen LogP contribution in [0.3, 0.4) is 0 Å². The monoisotopic (exact) mass is 367 g/mol. The van der Waals surface area contributed by atoms with Crippen LogP contribution in [0.25, 0.3) is 17.0 Å². The summed E-state index contributed by atoms with van der Waals surface area (Å²) >= 11 is 1.74. The van der Waals surface area contributed by atoms with Crippen molar-refractivity contribution in [3.8, 4) is 11.4 Å². The second-order valence-corrected chi connectivity index (χ2v) is 7.60. The summed E-state index contributed by atoms with van der Waals surface area (Å²) in [6.45, 7) is 4.24. The zero-order chi connectivity index (χ0) is 17.7. The van der Waals surface area contributed by atoms with E-state index in [1.54, 1.807) is 11.3 Å². The molecule has 1 aliphatic rings. The first-order chi connectivity index (χ1) is 12.7. The Morgan fingerprint density at radius 1 is 1.38 bits per heavy atom. The molecule has 5 heterocycles. The Morgan fingerprint density at radius 3 is 3.08 bits per heavy atom. The number of fused-ring (bicyclic) bond motifs is 2. The van der Waals surface area contributed by atoms with Crippen molar-refractivity contribution in [3.63, 3.8) is 0 Å². The molecule has 4 aromatic heterocycles. The summed E-state index contributed by atoms with van der Waals surface area (Å²) in [6, 6.07) is 7.87. The number of nitrogens with one attached hydrogen (secondary N) is 1. The molecule has 0 bridgehead atoms. The van der Waals surface area contributed by atoms with E-state index in [1.807, 2.05) is 19.1 Å². The van der Waals surface area contributed by atoms with E-state index in [0.29, 0.717) is 17.9 Å². The van der Waals surface area contributed by atoms with E-state index in [2.05, 4.69) is 32.7 Å². The molecule has 7 nitrogen and oxygen atoms in total. The molecule has 1 N–H and O–H groups in total. The smallest absolute Gasteiger partial charge is 0.277 e. The maximum Gasteiger partial charge on any atom is 0.277 e. The topological polar surface area (TPSA) is 79.4 Å². The molecule has 0 saturated carbocycles. The highest BCUT2D eigenvalue weighted by molar-refractivity contribution is 7.09. The molecule has 1 aliphatic heterocycles. The van der Waals surface area contributed by atoms with Gasteiger partial charge in [-0.25, -0.2) is 9.50 Å². The fraction of sp³-hybridized carbons (Fsp3) is 0.278. The Hall–Kier alpha value is -2.71. The summed E-state index contributed by atoms with van der Waals surface area (Å²) < 4.78 is 6.63. The van der Waals surface area contributed by atoms with Crippen LogP contribution < -0.4 is 5.56 Å². The van der Waals surface area contributed by atoms with Crippen molar-refractivity contribution in [3.05, 3.63) is 61.9 Å². The number of aromatic nitrogens is 4. The molecule has 0 spiro atoms. The molecule has 0 radical (unpaired) electrons. The Morgan fingerprint density at radius 2 is 2.31 bits per heavy atom. The number of aryl methyl sites for hydroxylation is 1. The van der Waals surface area contributed by atoms with Crippen molar-refractivity contribution in [2.75, 3.05) is 6.54 Å². The lowest BCUT2D eigenvalue weighted by atomic mass is 10.1. The molecule has 26 heavy (non-hydrogen) atoms. The maximum absolute atomic E-state index is 13.0. The molecule has 0 aromatic carbocycles. The van der Waals surface area contributed by atoms with Crippen LogP contribution in [0, 0.1) is 6.92 Å². The number of nitrogens with zero attached hydrogens (tertiary/aromatic N) is 4. The van der Waals surface area contributed by atoms with Gasteiger partial charge >= 0.3 is 0 Å². The zero-order valence-electron chi connectivity index (χ0n) is 14.2. The predicted octanol–water partition coefficient (Wildman–Crippen LogP) is 2.61. The lowest BCUT2D eigenvalue weighted by Crippen LogP contribution is -2.36. The number of thiophene rings is 1. The van der Waals surface area contributed by atoms with E-state index in [1.165, 1.54) is 9.39 Å². The molecule has 4 aromatic rings. The minimum atomic E-state index is -0.0349. The molecule has 5 rings (SSSR count). The highest BCUT2D eigenvalue weighted by Gasteiger charge is 2.23.